The van der Waals surface area contributed by atoms with Crippen LogP contribution in [0.4, 0.5) is 5.69 Å². The van der Waals surface area contributed by atoms with Gasteiger partial charge < -0.3 is 10.1 Å². The van der Waals surface area contributed by atoms with Crippen LogP contribution in [-0.2, 0) is 14.8 Å². The Bertz CT molecular complexity index is 1010. The second-order valence-electron chi connectivity index (χ2n) is 6.92. The van der Waals surface area contributed by atoms with Crippen LogP contribution in [0.3, 0.4) is 0 Å². The van der Waals surface area contributed by atoms with Crippen molar-refractivity contribution >= 4 is 44.8 Å². The van der Waals surface area contributed by atoms with Crippen molar-refractivity contribution in [1.82, 2.24) is 4.31 Å². The van der Waals surface area contributed by atoms with E-state index >= 15 is 0 Å². The van der Waals surface area contributed by atoms with Gasteiger partial charge in [0.15, 0.2) is 0 Å². The monoisotopic (exact) mass is 456 g/mol. The molecule has 3 rings (SSSR count). The maximum Gasteiger partial charge on any atom is 0.243 e. The third-order valence-corrected chi connectivity index (χ3v) is 7.46. The summed E-state index contributed by atoms with van der Waals surface area (Å²) in [5.41, 5.74) is 1.07. The summed E-state index contributed by atoms with van der Waals surface area (Å²) in [4.78, 5) is 12.9. The zero-order valence-corrected chi connectivity index (χ0v) is 18.4. The third kappa shape index (κ3) is 4.69. The summed E-state index contributed by atoms with van der Waals surface area (Å²) in [6.45, 7) is 2.25. The highest BCUT2D eigenvalue weighted by atomic mass is 35.5. The summed E-state index contributed by atoms with van der Waals surface area (Å²) in [6, 6.07) is 9.69. The van der Waals surface area contributed by atoms with E-state index in [0.29, 0.717) is 40.9 Å². The van der Waals surface area contributed by atoms with Gasteiger partial charge in [0, 0.05) is 13.1 Å². The molecule has 156 valence electrons. The van der Waals surface area contributed by atoms with Crippen molar-refractivity contribution in [2.24, 2.45) is 5.92 Å². The number of carbonyl (C=O) groups is 1. The fourth-order valence-corrected chi connectivity index (χ4v) is 5.48. The van der Waals surface area contributed by atoms with Crippen molar-refractivity contribution in [3.8, 4) is 5.75 Å². The molecule has 1 aliphatic heterocycles. The smallest absolute Gasteiger partial charge is 0.243 e. The van der Waals surface area contributed by atoms with Crippen LogP contribution in [0, 0.1) is 12.8 Å². The lowest BCUT2D eigenvalue weighted by Crippen LogP contribution is -2.43. The van der Waals surface area contributed by atoms with Crippen molar-refractivity contribution in [2.45, 2.75) is 24.7 Å². The molecule has 0 aliphatic carbocycles. The van der Waals surface area contributed by atoms with Gasteiger partial charge in [-0.2, -0.15) is 4.31 Å². The maximum atomic E-state index is 13.1. The van der Waals surface area contributed by atoms with E-state index < -0.39 is 15.9 Å². The van der Waals surface area contributed by atoms with E-state index in [-0.39, 0.29) is 17.3 Å². The van der Waals surface area contributed by atoms with Crippen LogP contribution in [-0.4, -0.2) is 38.8 Å². The number of hydrogen-bond acceptors (Lipinski definition) is 4. The minimum atomic E-state index is -3.72. The second-order valence-corrected chi connectivity index (χ2v) is 9.67. The molecule has 9 heteroatoms. The topological polar surface area (TPSA) is 75.7 Å². The molecule has 0 spiro atoms. The molecule has 1 aliphatic rings. The lowest BCUT2D eigenvalue weighted by molar-refractivity contribution is -0.120. The molecule has 0 aromatic heterocycles. The quantitative estimate of drug-likeness (QED) is 0.725. The highest BCUT2D eigenvalue weighted by Gasteiger charge is 2.34. The van der Waals surface area contributed by atoms with Crippen molar-refractivity contribution in [3.63, 3.8) is 0 Å². The molecule has 2 aromatic rings. The molecular weight excluding hydrogens is 435 g/mol. The zero-order valence-electron chi connectivity index (χ0n) is 16.1. The lowest BCUT2D eigenvalue weighted by Gasteiger charge is -2.31. The molecule has 1 N–H and O–H groups in total. The molecule has 1 amide bonds. The Morgan fingerprint density at radius 3 is 2.52 bits per heavy atom. The first-order valence-electron chi connectivity index (χ1n) is 9.13. The van der Waals surface area contributed by atoms with Gasteiger partial charge in [-0.25, -0.2) is 8.42 Å². The van der Waals surface area contributed by atoms with Crippen LogP contribution in [0.15, 0.2) is 41.3 Å². The predicted octanol–water partition coefficient (Wildman–Crippen LogP) is 4.35. The molecule has 6 nitrogen and oxygen atoms in total. The van der Waals surface area contributed by atoms with Gasteiger partial charge in [-0.3, -0.25) is 4.79 Å². The fourth-order valence-electron chi connectivity index (χ4n) is 3.38. The van der Waals surface area contributed by atoms with Gasteiger partial charge in [-0.15, -0.1) is 0 Å². The third-order valence-electron chi connectivity index (χ3n) is 4.97. The molecule has 1 saturated heterocycles. The summed E-state index contributed by atoms with van der Waals surface area (Å²) in [5, 5.41) is 3.41. The Kier molecular flexibility index (Phi) is 6.73. The molecule has 0 bridgehead atoms. The van der Waals surface area contributed by atoms with Gasteiger partial charge >= 0.3 is 0 Å². The van der Waals surface area contributed by atoms with Gasteiger partial charge in [0.1, 0.15) is 5.75 Å². The molecule has 0 unspecified atom stereocenters. The van der Waals surface area contributed by atoms with Crippen molar-refractivity contribution in [3.05, 3.63) is 52.0 Å². The normalized spacial score (nSPS) is 17.7. The zero-order chi connectivity index (χ0) is 21.2. The van der Waals surface area contributed by atoms with Crippen LogP contribution in [0.1, 0.15) is 18.4 Å². The predicted molar refractivity (Wildman–Crippen MR) is 114 cm³/mol. The summed E-state index contributed by atoms with van der Waals surface area (Å²) in [6.07, 6.45) is 1.17. The number of benzene rings is 2. The van der Waals surface area contributed by atoms with E-state index in [1.54, 1.807) is 37.3 Å². The molecule has 2 aromatic carbocycles. The molecular formula is C20H22Cl2N2O4S. The summed E-state index contributed by atoms with van der Waals surface area (Å²) in [5.74, 6) is -0.174. The Balaban J connectivity index is 1.77. The van der Waals surface area contributed by atoms with E-state index in [1.165, 1.54) is 17.5 Å². The Hall–Kier alpha value is -1.80. The van der Waals surface area contributed by atoms with Crippen molar-refractivity contribution < 1.29 is 17.9 Å². The highest BCUT2D eigenvalue weighted by Crippen LogP contribution is 2.32. The number of carbonyl (C=O) groups excluding carboxylic acids is 1. The first-order valence-corrected chi connectivity index (χ1v) is 11.3. The Labute approximate surface area is 180 Å². The van der Waals surface area contributed by atoms with Gasteiger partial charge in [0.25, 0.3) is 0 Å². The Morgan fingerprint density at radius 2 is 1.90 bits per heavy atom. The second kappa shape index (κ2) is 8.92. The van der Waals surface area contributed by atoms with E-state index in [2.05, 4.69) is 5.32 Å². The average molecular weight is 457 g/mol. The van der Waals surface area contributed by atoms with Gasteiger partial charge in [-0.1, -0.05) is 29.3 Å². The molecule has 0 saturated carbocycles. The highest BCUT2D eigenvalue weighted by molar-refractivity contribution is 7.89. The number of hydrogen-bond donors (Lipinski definition) is 1. The molecule has 0 radical (unpaired) electrons. The minimum absolute atomic E-state index is 0.0985. The van der Waals surface area contributed by atoms with E-state index in [0.717, 1.165) is 5.56 Å². The maximum absolute atomic E-state index is 13.1. The first kappa shape index (κ1) is 21.9. The molecule has 1 heterocycles. The number of amides is 1. The van der Waals surface area contributed by atoms with Crippen molar-refractivity contribution in [1.29, 1.82) is 0 Å². The lowest BCUT2D eigenvalue weighted by atomic mass is 9.98. The van der Waals surface area contributed by atoms with Gasteiger partial charge in [0.2, 0.25) is 15.9 Å². The first-order chi connectivity index (χ1) is 13.7. The standard InChI is InChI=1S/C20H22Cl2N2O4S/c1-13-11-15(8-9-18(13)28-2)29(26,27)24-10-4-5-14(12-24)20(25)23-19-16(21)6-3-7-17(19)22/h3,6-9,11,14H,4-5,10,12H2,1-2H3,(H,23,25)/t14-/m1/s1. The number of aryl methyl sites for hydroxylation is 1. The number of nitrogens with one attached hydrogen (secondary N) is 1. The number of para-hydroxylation sites is 1. The molecule has 1 fully saturated rings. The number of sulfonamides is 1. The summed E-state index contributed by atoms with van der Waals surface area (Å²) >= 11 is 12.2. The number of halogens is 2. The van der Waals surface area contributed by atoms with E-state index in [1.807, 2.05) is 0 Å². The van der Waals surface area contributed by atoms with Gasteiger partial charge in [0.05, 0.1) is 33.7 Å². The van der Waals surface area contributed by atoms with E-state index in [9.17, 15) is 13.2 Å². The number of piperidine rings is 1. The number of rotatable bonds is 5. The average Bonchev–Trinajstić information content (AvgIpc) is 2.70. The van der Waals surface area contributed by atoms with Crippen LogP contribution < -0.4 is 10.1 Å². The SMILES string of the molecule is COc1ccc(S(=O)(=O)N2CCC[C@@H](C(=O)Nc3c(Cl)cccc3Cl)C2)cc1C. The number of methoxy groups -OCH3 is 1. The number of nitrogens with zero attached hydrogens (tertiary/aromatic N) is 1. The largest absolute Gasteiger partial charge is 0.496 e. The number of ether oxygens (including phenoxy) is 1. The molecule has 29 heavy (non-hydrogen) atoms. The van der Waals surface area contributed by atoms with Gasteiger partial charge in [-0.05, 0) is 55.7 Å². The number of anilines is 1. The van der Waals surface area contributed by atoms with Crippen LogP contribution in [0.5, 0.6) is 5.75 Å². The van der Waals surface area contributed by atoms with Crippen LogP contribution in [0.2, 0.25) is 10.0 Å². The Morgan fingerprint density at radius 1 is 1.21 bits per heavy atom. The molecule has 1 atom stereocenters. The minimum Gasteiger partial charge on any atom is -0.496 e. The van der Waals surface area contributed by atoms with Crippen LogP contribution in [0.25, 0.3) is 0 Å². The van der Waals surface area contributed by atoms with Crippen molar-refractivity contribution in [2.75, 3.05) is 25.5 Å². The summed E-state index contributed by atoms with van der Waals surface area (Å²) < 4.78 is 32.7. The van der Waals surface area contributed by atoms with Crippen LogP contribution >= 0.6 is 23.2 Å². The summed E-state index contributed by atoms with van der Waals surface area (Å²) in [7, 11) is -2.18. The fraction of sp³-hybridized carbons (Fsp3) is 0.350. The van der Waals surface area contributed by atoms with E-state index in [4.69, 9.17) is 27.9 Å².